The Morgan fingerprint density at radius 1 is 1.14 bits per heavy atom. The molecule has 1 aromatic heterocycles. The van der Waals surface area contributed by atoms with Crippen LogP contribution < -0.4 is 10.6 Å². The summed E-state index contributed by atoms with van der Waals surface area (Å²) in [5.41, 5.74) is -1.02. The van der Waals surface area contributed by atoms with Gasteiger partial charge in [-0.15, -0.1) is 0 Å². The zero-order valence-electron chi connectivity index (χ0n) is 11.0. The largest absolute Gasteiger partial charge is 0.418 e. The number of para-hydroxylation sites is 1. The van der Waals surface area contributed by atoms with Crippen molar-refractivity contribution in [1.82, 2.24) is 4.98 Å². The molecule has 1 heterocycles. The second kappa shape index (κ2) is 5.82. The average Bonchev–Trinajstić information content (AvgIpc) is 2.46. The molecular weight excluding hydrogens is 283 g/mol. The van der Waals surface area contributed by atoms with Gasteiger partial charge in [0.15, 0.2) is 0 Å². The van der Waals surface area contributed by atoms with Crippen LogP contribution in [0.3, 0.4) is 0 Å². The predicted octanol–water partition coefficient (Wildman–Crippen LogP) is 3.39. The summed E-state index contributed by atoms with van der Waals surface area (Å²) in [5, 5.41) is 4.98. The van der Waals surface area contributed by atoms with Gasteiger partial charge in [0.25, 0.3) is 5.91 Å². The number of hydrogen-bond acceptors (Lipinski definition) is 3. The summed E-state index contributed by atoms with van der Waals surface area (Å²) in [6.07, 6.45) is -3.06. The van der Waals surface area contributed by atoms with E-state index < -0.39 is 17.6 Å². The number of aromatic nitrogens is 1. The number of halogens is 3. The number of pyridine rings is 1. The first-order valence-corrected chi connectivity index (χ1v) is 6.04. The third kappa shape index (κ3) is 3.31. The minimum Gasteiger partial charge on any atom is -0.372 e. The van der Waals surface area contributed by atoms with Gasteiger partial charge in [0.05, 0.1) is 16.8 Å². The number of rotatable bonds is 3. The highest BCUT2D eigenvalue weighted by molar-refractivity contribution is 6.07. The Hall–Kier alpha value is -2.57. The highest BCUT2D eigenvalue weighted by Crippen LogP contribution is 2.34. The van der Waals surface area contributed by atoms with Crippen LogP contribution in [0, 0.1) is 0 Å². The van der Waals surface area contributed by atoms with Crippen molar-refractivity contribution in [3.05, 3.63) is 53.7 Å². The second-order valence-electron chi connectivity index (χ2n) is 4.15. The fraction of sp³-hybridized carbons (Fsp3) is 0.143. The lowest BCUT2D eigenvalue weighted by Crippen LogP contribution is -2.18. The van der Waals surface area contributed by atoms with E-state index in [1.165, 1.54) is 36.5 Å². The molecule has 0 saturated carbocycles. The van der Waals surface area contributed by atoms with Crippen LogP contribution in [0.2, 0.25) is 0 Å². The zero-order valence-corrected chi connectivity index (χ0v) is 11.0. The van der Waals surface area contributed by atoms with Crippen LogP contribution in [-0.4, -0.2) is 17.9 Å². The Kier molecular flexibility index (Phi) is 4.11. The zero-order chi connectivity index (χ0) is 15.5. The van der Waals surface area contributed by atoms with E-state index in [2.05, 4.69) is 15.6 Å². The first-order chi connectivity index (χ1) is 9.93. The Bertz CT molecular complexity index is 656. The molecule has 1 amide bonds. The molecule has 0 aliphatic heterocycles. The summed E-state index contributed by atoms with van der Waals surface area (Å²) >= 11 is 0. The number of carbonyl (C=O) groups excluding carboxylic acids is 1. The molecular formula is C14H12F3N3O. The molecule has 0 unspecified atom stereocenters. The number of nitrogens with zero attached hydrogens (tertiary/aromatic N) is 1. The topological polar surface area (TPSA) is 54.0 Å². The molecule has 0 spiro atoms. The lowest BCUT2D eigenvalue weighted by molar-refractivity contribution is -0.136. The molecule has 1 aromatic carbocycles. The monoisotopic (exact) mass is 295 g/mol. The lowest BCUT2D eigenvalue weighted by atomic mass is 10.1. The molecule has 0 saturated heterocycles. The normalized spacial score (nSPS) is 11.0. The van der Waals surface area contributed by atoms with Crippen LogP contribution in [0.5, 0.6) is 0 Å². The van der Waals surface area contributed by atoms with Crippen LogP contribution in [0.4, 0.5) is 24.7 Å². The quantitative estimate of drug-likeness (QED) is 0.912. The van der Waals surface area contributed by atoms with Gasteiger partial charge in [0, 0.05) is 13.2 Å². The SMILES string of the molecule is CNc1ncccc1C(=O)Nc1ccccc1C(F)(F)F. The first kappa shape index (κ1) is 14.8. The maximum absolute atomic E-state index is 12.9. The van der Waals surface area contributed by atoms with E-state index in [9.17, 15) is 18.0 Å². The number of alkyl halides is 3. The molecule has 2 aromatic rings. The van der Waals surface area contributed by atoms with Crippen LogP contribution in [0.15, 0.2) is 42.6 Å². The third-order valence-electron chi connectivity index (χ3n) is 2.77. The molecule has 7 heteroatoms. The third-order valence-corrected chi connectivity index (χ3v) is 2.77. The minimum absolute atomic E-state index is 0.164. The van der Waals surface area contributed by atoms with Crippen molar-refractivity contribution in [3.63, 3.8) is 0 Å². The summed E-state index contributed by atoms with van der Waals surface area (Å²) in [6, 6.07) is 7.82. The van der Waals surface area contributed by atoms with E-state index in [4.69, 9.17) is 0 Å². The van der Waals surface area contributed by atoms with Crippen molar-refractivity contribution in [3.8, 4) is 0 Å². The van der Waals surface area contributed by atoms with E-state index in [0.717, 1.165) is 6.07 Å². The molecule has 4 nitrogen and oxygen atoms in total. The second-order valence-corrected chi connectivity index (χ2v) is 4.15. The summed E-state index contributed by atoms with van der Waals surface area (Å²) in [7, 11) is 1.57. The van der Waals surface area contributed by atoms with E-state index >= 15 is 0 Å². The van der Waals surface area contributed by atoms with Crippen molar-refractivity contribution < 1.29 is 18.0 Å². The van der Waals surface area contributed by atoms with Gasteiger partial charge in [0.1, 0.15) is 5.82 Å². The molecule has 0 aliphatic carbocycles. The van der Waals surface area contributed by atoms with E-state index in [1.54, 1.807) is 7.05 Å². The number of anilines is 2. The molecule has 2 N–H and O–H groups in total. The van der Waals surface area contributed by atoms with Gasteiger partial charge in [-0.3, -0.25) is 4.79 Å². The van der Waals surface area contributed by atoms with Gasteiger partial charge in [0.2, 0.25) is 0 Å². The molecule has 0 aliphatic rings. The molecule has 21 heavy (non-hydrogen) atoms. The summed E-state index contributed by atoms with van der Waals surface area (Å²) in [6.45, 7) is 0. The Labute approximate surface area is 119 Å². The summed E-state index contributed by atoms with van der Waals surface area (Å²) in [5.74, 6) is -0.372. The van der Waals surface area contributed by atoms with Gasteiger partial charge < -0.3 is 10.6 Å². The smallest absolute Gasteiger partial charge is 0.372 e. The Balaban J connectivity index is 2.33. The number of nitrogens with one attached hydrogen (secondary N) is 2. The molecule has 0 fully saturated rings. The van der Waals surface area contributed by atoms with Crippen molar-refractivity contribution in [2.45, 2.75) is 6.18 Å². The maximum Gasteiger partial charge on any atom is 0.418 e. The Morgan fingerprint density at radius 2 is 1.86 bits per heavy atom. The van der Waals surface area contributed by atoms with Gasteiger partial charge in [-0.2, -0.15) is 13.2 Å². The molecule has 2 rings (SSSR count). The van der Waals surface area contributed by atoms with Gasteiger partial charge in [-0.25, -0.2) is 4.98 Å². The molecule has 110 valence electrons. The number of carbonyl (C=O) groups is 1. The summed E-state index contributed by atoms with van der Waals surface area (Å²) in [4.78, 5) is 16.1. The van der Waals surface area contributed by atoms with E-state index in [0.29, 0.717) is 5.82 Å². The predicted molar refractivity (Wildman–Crippen MR) is 73.2 cm³/mol. The fourth-order valence-electron chi connectivity index (χ4n) is 1.82. The standard InChI is InChI=1S/C14H12F3N3O/c1-18-12-9(5-4-8-19-12)13(21)20-11-7-3-2-6-10(11)14(15,16)17/h2-8H,1H3,(H,18,19)(H,20,21). The van der Waals surface area contributed by atoms with Gasteiger partial charge >= 0.3 is 6.18 Å². The highest BCUT2D eigenvalue weighted by atomic mass is 19.4. The average molecular weight is 295 g/mol. The van der Waals surface area contributed by atoms with Crippen LogP contribution in [0.1, 0.15) is 15.9 Å². The van der Waals surface area contributed by atoms with Crippen LogP contribution in [0.25, 0.3) is 0 Å². The van der Waals surface area contributed by atoms with E-state index in [1.807, 2.05) is 0 Å². The number of benzene rings is 1. The summed E-state index contributed by atoms with van der Waals surface area (Å²) < 4.78 is 38.6. The fourth-order valence-corrected chi connectivity index (χ4v) is 1.82. The van der Waals surface area contributed by atoms with Crippen molar-refractivity contribution in [2.75, 3.05) is 17.7 Å². The number of amides is 1. The molecule has 0 bridgehead atoms. The lowest BCUT2D eigenvalue weighted by Gasteiger charge is -2.14. The van der Waals surface area contributed by atoms with Crippen molar-refractivity contribution in [1.29, 1.82) is 0 Å². The highest BCUT2D eigenvalue weighted by Gasteiger charge is 2.33. The maximum atomic E-state index is 12.9. The minimum atomic E-state index is -4.54. The molecule has 0 radical (unpaired) electrons. The van der Waals surface area contributed by atoms with Gasteiger partial charge in [-0.05, 0) is 24.3 Å². The van der Waals surface area contributed by atoms with Crippen LogP contribution >= 0.6 is 0 Å². The first-order valence-electron chi connectivity index (χ1n) is 6.04. The number of hydrogen-bond donors (Lipinski definition) is 2. The van der Waals surface area contributed by atoms with Gasteiger partial charge in [-0.1, -0.05) is 12.1 Å². The van der Waals surface area contributed by atoms with E-state index in [-0.39, 0.29) is 11.3 Å². The molecule has 0 atom stereocenters. The van der Waals surface area contributed by atoms with Crippen molar-refractivity contribution in [2.24, 2.45) is 0 Å². The van der Waals surface area contributed by atoms with Crippen molar-refractivity contribution >= 4 is 17.4 Å². The van der Waals surface area contributed by atoms with Crippen LogP contribution in [-0.2, 0) is 6.18 Å². The Morgan fingerprint density at radius 3 is 2.52 bits per heavy atom.